The molecular formula is C12H20ClN3. The zero-order valence-corrected chi connectivity index (χ0v) is 10.8. The van der Waals surface area contributed by atoms with Gasteiger partial charge in [0.15, 0.2) is 0 Å². The lowest BCUT2D eigenvalue weighted by atomic mass is 9.93. The summed E-state index contributed by atoms with van der Waals surface area (Å²) in [5.74, 6) is 0. The van der Waals surface area contributed by atoms with Crippen molar-refractivity contribution >= 4 is 11.6 Å². The topological polar surface area (TPSA) is 29.9 Å². The summed E-state index contributed by atoms with van der Waals surface area (Å²) in [6.45, 7) is 5.94. The van der Waals surface area contributed by atoms with Crippen LogP contribution in [0, 0.1) is 0 Å². The average Bonchev–Trinajstić information content (AvgIpc) is 2.53. The Morgan fingerprint density at radius 1 is 1.44 bits per heavy atom. The van der Waals surface area contributed by atoms with Crippen LogP contribution < -0.4 is 5.32 Å². The van der Waals surface area contributed by atoms with Gasteiger partial charge in [0.2, 0.25) is 0 Å². The number of aryl methyl sites for hydroxylation is 2. The average molecular weight is 242 g/mol. The molecule has 0 aromatic carbocycles. The summed E-state index contributed by atoms with van der Waals surface area (Å²) in [4.78, 5) is 0. The quantitative estimate of drug-likeness (QED) is 0.859. The van der Waals surface area contributed by atoms with Gasteiger partial charge in [0.1, 0.15) is 0 Å². The van der Waals surface area contributed by atoms with E-state index in [0.717, 1.165) is 35.9 Å². The van der Waals surface area contributed by atoms with Crippen LogP contribution in [-0.4, -0.2) is 15.8 Å². The first-order chi connectivity index (χ1) is 7.76. The number of halogens is 1. The van der Waals surface area contributed by atoms with Crippen LogP contribution >= 0.6 is 11.6 Å². The second-order valence-electron chi connectivity index (χ2n) is 4.39. The number of nitrogens with one attached hydrogen (secondary N) is 1. The van der Waals surface area contributed by atoms with Gasteiger partial charge in [-0.1, -0.05) is 24.9 Å². The molecule has 4 heteroatoms. The molecule has 1 N–H and O–H groups in total. The van der Waals surface area contributed by atoms with Crippen LogP contribution in [-0.2, 0) is 19.5 Å². The van der Waals surface area contributed by atoms with Crippen LogP contribution in [0.4, 0.5) is 0 Å². The summed E-state index contributed by atoms with van der Waals surface area (Å²) in [6, 6.07) is 0.696. The number of aromatic nitrogens is 2. The zero-order chi connectivity index (χ0) is 11.5. The molecule has 0 aliphatic heterocycles. The van der Waals surface area contributed by atoms with Gasteiger partial charge in [-0.05, 0) is 26.2 Å². The molecule has 0 unspecified atom stereocenters. The molecule has 0 radical (unpaired) electrons. The second-order valence-corrected chi connectivity index (χ2v) is 4.76. The smallest absolute Gasteiger partial charge is 0.0863 e. The van der Waals surface area contributed by atoms with Crippen molar-refractivity contribution in [2.24, 2.45) is 0 Å². The Labute approximate surface area is 102 Å². The van der Waals surface area contributed by atoms with E-state index in [9.17, 15) is 0 Å². The van der Waals surface area contributed by atoms with Crippen molar-refractivity contribution < 1.29 is 0 Å². The van der Waals surface area contributed by atoms with Gasteiger partial charge in [-0.15, -0.1) is 0 Å². The van der Waals surface area contributed by atoms with Crippen molar-refractivity contribution in [2.75, 3.05) is 0 Å². The molecule has 0 spiro atoms. The predicted molar refractivity (Wildman–Crippen MR) is 66.8 cm³/mol. The molecule has 90 valence electrons. The standard InChI is InChI=1S/C12H20ClN3/c1-3-10-12(13)11(16(4-2)15-10)8-14-9-6-5-7-9/h9,14H,3-8H2,1-2H3. The van der Waals surface area contributed by atoms with Gasteiger partial charge in [-0.3, -0.25) is 4.68 Å². The molecule has 0 amide bonds. The van der Waals surface area contributed by atoms with Gasteiger partial charge < -0.3 is 5.32 Å². The minimum Gasteiger partial charge on any atom is -0.308 e. The van der Waals surface area contributed by atoms with E-state index < -0.39 is 0 Å². The fourth-order valence-electron chi connectivity index (χ4n) is 2.04. The van der Waals surface area contributed by atoms with Crippen molar-refractivity contribution in [2.45, 2.75) is 58.7 Å². The van der Waals surface area contributed by atoms with Gasteiger partial charge >= 0.3 is 0 Å². The highest BCUT2D eigenvalue weighted by Crippen LogP contribution is 2.23. The maximum absolute atomic E-state index is 6.33. The van der Waals surface area contributed by atoms with E-state index in [1.165, 1.54) is 19.3 Å². The zero-order valence-electron chi connectivity index (χ0n) is 10.1. The number of rotatable bonds is 5. The highest BCUT2D eigenvalue weighted by Gasteiger charge is 2.19. The van der Waals surface area contributed by atoms with Gasteiger partial charge in [0, 0.05) is 19.1 Å². The molecule has 1 fully saturated rings. The van der Waals surface area contributed by atoms with E-state index in [1.807, 2.05) is 4.68 Å². The van der Waals surface area contributed by atoms with Crippen LogP contribution in [0.2, 0.25) is 5.02 Å². The Hall–Kier alpha value is -0.540. The largest absolute Gasteiger partial charge is 0.308 e. The number of hydrogen-bond acceptors (Lipinski definition) is 2. The SMILES string of the molecule is CCc1nn(CC)c(CNC2CCC2)c1Cl. The first-order valence-corrected chi connectivity index (χ1v) is 6.61. The summed E-state index contributed by atoms with van der Waals surface area (Å²) < 4.78 is 2.02. The van der Waals surface area contributed by atoms with E-state index in [4.69, 9.17) is 11.6 Å². The summed E-state index contributed by atoms with van der Waals surface area (Å²) in [7, 11) is 0. The van der Waals surface area contributed by atoms with Crippen LogP contribution in [0.3, 0.4) is 0 Å². The van der Waals surface area contributed by atoms with E-state index in [2.05, 4.69) is 24.3 Å². The maximum atomic E-state index is 6.33. The first kappa shape index (κ1) is 11.9. The van der Waals surface area contributed by atoms with Gasteiger partial charge in [0.25, 0.3) is 0 Å². The molecule has 1 aliphatic carbocycles. The molecule has 1 heterocycles. The van der Waals surface area contributed by atoms with Gasteiger partial charge in [0.05, 0.1) is 16.4 Å². The van der Waals surface area contributed by atoms with Crippen molar-refractivity contribution in [3.63, 3.8) is 0 Å². The molecular weight excluding hydrogens is 222 g/mol. The monoisotopic (exact) mass is 241 g/mol. The molecule has 3 nitrogen and oxygen atoms in total. The van der Waals surface area contributed by atoms with Crippen molar-refractivity contribution in [3.8, 4) is 0 Å². The molecule has 2 rings (SSSR count). The van der Waals surface area contributed by atoms with Crippen molar-refractivity contribution in [3.05, 3.63) is 16.4 Å². The Morgan fingerprint density at radius 2 is 2.19 bits per heavy atom. The van der Waals surface area contributed by atoms with E-state index in [1.54, 1.807) is 0 Å². The summed E-state index contributed by atoms with van der Waals surface area (Å²) in [5, 5.41) is 8.91. The first-order valence-electron chi connectivity index (χ1n) is 6.23. The molecule has 0 atom stereocenters. The lowest BCUT2D eigenvalue weighted by molar-refractivity contribution is 0.334. The molecule has 0 bridgehead atoms. The molecule has 1 saturated carbocycles. The van der Waals surface area contributed by atoms with Crippen LogP contribution in [0.5, 0.6) is 0 Å². The van der Waals surface area contributed by atoms with Gasteiger partial charge in [-0.2, -0.15) is 5.10 Å². The highest BCUT2D eigenvalue weighted by molar-refractivity contribution is 6.31. The van der Waals surface area contributed by atoms with Crippen LogP contribution in [0.15, 0.2) is 0 Å². The third kappa shape index (κ3) is 2.25. The minimum absolute atomic E-state index is 0.696. The second kappa shape index (κ2) is 5.19. The van der Waals surface area contributed by atoms with Crippen LogP contribution in [0.1, 0.15) is 44.5 Å². The Balaban J connectivity index is 2.07. The third-order valence-corrected chi connectivity index (χ3v) is 3.79. The number of nitrogens with zero attached hydrogens (tertiary/aromatic N) is 2. The Bertz CT molecular complexity index is 355. The summed E-state index contributed by atoms with van der Waals surface area (Å²) in [5.41, 5.74) is 2.17. The minimum atomic E-state index is 0.696. The molecule has 1 aromatic heterocycles. The molecule has 1 aromatic rings. The normalized spacial score (nSPS) is 16.4. The molecule has 16 heavy (non-hydrogen) atoms. The highest BCUT2D eigenvalue weighted by atomic mass is 35.5. The maximum Gasteiger partial charge on any atom is 0.0863 e. The van der Waals surface area contributed by atoms with Crippen molar-refractivity contribution in [1.29, 1.82) is 0 Å². The summed E-state index contributed by atoms with van der Waals surface area (Å²) in [6.07, 6.45) is 4.87. The number of hydrogen-bond donors (Lipinski definition) is 1. The fourth-order valence-corrected chi connectivity index (χ4v) is 2.38. The van der Waals surface area contributed by atoms with Crippen LogP contribution in [0.25, 0.3) is 0 Å². The van der Waals surface area contributed by atoms with E-state index in [-0.39, 0.29) is 0 Å². The lowest BCUT2D eigenvalue weighted by Gasteiger charge is -2.26. The Kier molecular flexibility index (Phi) is 3.87. The fraction of sp³-hybridized carbons (Fsp3) is 0.750. The third-order valence-electron chi connectivity index (χ3n) is 3.36. The van der Waals surface area contributed by atoms with E-state index in [0.29, 0.717) is 6.04 Å². The molecule has 1 aliphatic rings. The van der Waals surface area contributed by atoms with Gasteiger partial charge in [-0.25, -0.2) is 0 Å². The van der Waals surface area contributed by atoms with Crippen molar-refractivity contribution in [1.82, 2.24) is 15.1 Å². The molecule has 0 saturated heterocycles. The Morgan fingerprint density at radius 3 is 2.69 bits per heavy atom. The summed E-state index contributed by atoms with van der Waals surface area (Å²) >= 11 is 6.33. The lowest BCUT2D eigenvalue weighted by Crippen LogP contribution is -2.35. The van der Waals surface area contributed by atoms with E-state index >= 15 is 0 Å². The predicted octanol–water partition coefficient (Wildman–Crippen LogP) is 2.76.